The standard InChI is InChI=1S/C29H39ClN2O6/c1-19(2)27(28(35)31-17-9-11-23(33)14-13-22(5)30)32-26(34)12-8-7-10-20(3)18-21(4)24-15-16-25(37-6)29(36)38-24/h7,9-10,13,16-19,21,23-24,27,33H,11,14-15H2,1-6H3,(H,31,35)(H,32,34)/b10-7+,17-9+,20-18+,22-13-/t21-,23+,24?,27?/m1/s1. The fourth-order valence-electron chi connectivity index (χ4n) is 3.46. The molecule has 0 aromatic rings. The molecule has 0 spiro atoms. The fraction of sp³-hybridized carbons (Fsp3) is 0.483. The summed E-state index contributed by atoms with van der Waals surface area (Å²) < 4.78 is 10.4. The first-order valence-corrected chi connectivity index (χ1v) is 12.9. The number of aliphatic hydroxyl groups excluding tert-OH is 1. The molecule has 0 aliphatic carbocycles. The third kappa shape index (κ3) is 12.8. The normalized spacial score (nSPS) is 18.8. The lowest BCUT2D eigenvalue weighted by Crippen LogP contribution is -2.48. The molecule has 0 saturated carbocycles. The Labute approximate surface area is 230 Å². The Balaban J connectivity index is 2.59. The van der Waals surface area contributed by atoms with Crippen LogP contribution in [0.1, 0.15) is 53.9 Å². The van der Waals surface area contributed by atoms with Crippen LogP contribution in [-0.2, 0) is 23.9 Å². The van der Waals surface area contributed by atoms with Crippen molar-refractivity contribution in [3.63, 3.8) is 0 Å². The number of allylic oxidation sites excluding steroid dienone is 4. The molecule has 1 aliphatic heterocycles. The molecule has 208 valence electrons. The molecule has 9 heteroatoms. The van der Waals surface area contributed by atoms with Gasteiger partial charge in [0.05, 0.1) is 13.2 Å². The molecule has 0 bridgehead atoms. The van der Waals surface area contributed by atoms with E-state index in [0.717, 1.165) is 5.57 Å². The van der Waals surface area contributed by atoms with Gasteiger partial charge < -0.3 is 25.2 Å². The molecule has 1 heterocycles. The number of aliphatic hydroxyl groups is 1. The van der Waals surface area contributed by atoms with Crippen molar-refractivity contribution in [1.82, 2.24) is 10.6 Å². The van der Waals surface area contributed by atoms with Crippen LogP contribution in [0.25, 0.3) is 0 Å². The zero-order valence-corrected chi connectivity index (χ0v) is 23.7. The first-order valence-electron chi connectivity index (χ1n) is 12.5. The monoisotopic (exact) mass is 546 g/mol. The van der Waals surface area contributed by atoms with Crippen LogP contribution in [0.2, 0.25) is 0 Å². The highest BCUT2D eigenvalue weighted by molar-refractivity contribution is 6.29. The molecule has 1 rings (SSSR count). The summed E-state index contributed by atoms with van der Waals surface area (Å²) >= 11 is 5.75. The summed E-state index contributed by atoms with van der Waals surface area (Å²) in [4.78, 5) is 36.6. The average molecular weight is 547 g/mol. The van der Waals surface area contributed by atoms with Crippen molar-refractivity contribution in [2.45, 2.75) is 72.1 Å². The van der Waals surface area contributed by atoms with Crippen LogP contribution < -0.4 is 10.6 Å². The third-order valence-corrected chi connectivity index (χ3v) is 5.76. The summed E-state index contributed by atoms with van der Waals surface area (Å²) in [6, 6.07) is -0.773. The first-order chi connectivity index (χ1) is 17.9. The maximum Gasteiger partial charge on any atom is 0.373 e. The van der Waals surface area contributed by atoms with Crippen LogP contribution >= 0.6 is 11.6 Å². The van der Waals surface area contributed by atoms with Gasteiger partial charge in [0.2, 0.25) is 5.91 Å². The van der Waals surface area contributed by atoms with Gasteiger partial charge in [0.1, 0.15) is 12.1 Å². The number of cyclic esters (lactones) is 1. The summed E-state index contributed by atoms with van der Waals surface area (Å²) in [6.45, 7) is 9.21. The Bertz CT molecular complexity index is 1040. The molecule has 3 N–H and O–H groups in total. The summed E-state index contributed by atoms with van der Waals surface area (Å²) in [5.74, 6) is 3.75. The molecule has 0 saturated heterocycles. The predicted molar refractivity (Wildman–Crippen MR) is 148 cm³/mol. The molecule has 0 fully saturated rings. The van der Waals surface area contributed by atoms with Gasteiger partial charge in [-0.15, -0.1) is 0 Å². The van der Waals surface area contributed by atoms with E-state index < -0.39 is 24.0 Å². The minimum Gasteiger partial charge on any atom is -0.490 e. The van der Waals surface area contributed by atoms with Crippen molar-refractivity contribution in [2.75, 3.05) is 7.11 Å². The van der Waals surface area contributed by atoms with E-state index in [1.807, 2.05) is 33.8 Å². The van der Waals surface area contributed by atoms with Crippen LogP contribution in [0.4, 0.5) is 0 Å². The minimum absolute atomic E-state index is 0.0242. The Kier molecular flexibility index (Phi) is 14.9. The van der Waals surface area contributed by atoms with Crippen LogP contribution in [0.3, 0.4) is 0 Å². The fourth-order valence-corrected chi connectivity index (χ4v) is 3.55. The Morgan fingerprint density at radius 1 is 1.29 bits per heavy atom. The van der Waals surface area contributed by atoms with E-state index in [0.29, 0.717) is 24.3 Å². The van der Waals surface area contributed by atoms with E-state index in [4.69, 9.17) is 21.1 Å². The van der Waals surface area contributed by atoms with Crippen LogP contribution in [0, 0.1) is 23.7 Å². The van der Waals surface area contributed by atoms with Gasteiger partial charge in [-0.3, -0.25) is 9.59 Å². The number of esters is 1. The molecule has 4 atom stereocenters. The van der Waals surface area contributed by atoms with Crippen LogP contribution in [-0.4, -0.2) is 48.2 Å². The number of rotatable bonds is 12. The second-order valence-corrected chi connectivity index (χ2v) is 9.94. The number of hydrogen-bond acceptors (Lipinski definition) is 6. The lowest BCUT2D eigenvalue weighted by Gasteiger charge is -2.25. The van der Waals surface area contributed by atoms with Gasteiger partial charge in [0, 0.05) is 17.4 Å². The van der Waals surface area contributed by atoms with Crippen molar-refractivity contribution in [2.24, 2.45) is 11.8 Å². The smallest absolute Gasteiger partial charge is 0.373 e. The summed E-state index contributed by atoms with van der Waals surface area (Å²) in [5, 5.41) is 15.7. The molecule has 38 heavy (non-hydrogen) atoms. The molecule has 2 unspecified atom stereocenters. The third-order valence-electron chi connectivity index (χ3n) is 5.60. The second kappa shape index (κ2) is 17.3. The van der Waals surface area contributed by atoms with E-state index in [-0.39, 0.29) is 29.6 Å². The maximum absolute atomic E-state index is 12.5. The molecule has 8 nitrogen and oxygen atoms in total. The minimum atomic E-state index is -0.773. The van der Waals surface area contributed by atoms with E-state index in [1.54, 1.807) is 37.3 Å². The molecule has 1 aliphatic rings. The van der Waals surface area contributed by atoms with Gasteiger partial charge >= 0.3 is 5.97 Å². The lowest BCUT2D eigenvalue weighted by molar-refractivity contribution is -0.151. The number of methoxy groups -OCH3 is 1. The summed E-state index contributed by atoms with van der Waals surface area (Å²) in [5.41, 5.74) is 0.898. The highest BCUT2D eigenvalue weighted by atomic mass is 35.5. The SMILES string of the molecule is COC1=CCC([C@H](C)/C=C(C)/C=C/C#CC(=O)NC(C(=O)N/C=C/C[C@H](O)C/C=C(/C)Cl)C(C)C)OC1=O. The van der Waals surface area contributed by atoms with E-state index in [2.05, 4.69) is 22.5 Å². The van der Waals surface area contributed by atoms with E-state index in [1.165, 1.54) is 13.3 Å². The lowest BCUT2D eigenvalue weighted by atomic mass is 9.97. The zero-order chi connectivity index (χ0) is 28.7. The largest absolute Gasteiger partial charge is 0.490 e. The number of nitrogens with one attached hydrogen (secondary N) is 2. The Hall–Kier alpha value is -3.28. The number of amides is 2. The van der Waals surface area contributed by atoms with Crippen molar-refractivity contribution < 1.29 is 29.0 Å². The Morgan fingerprint density at radius 2 is 2.00 bits per heavy atom. The van der Waals surface area contributed by atoms with Crippen molar-refractivity contribution in [3.8, 4) is 11.8 Å². The quantitative estimate of drug-likeness (QED) is 0.193. The van der Waals surface area contributed by atoms with Gasteiger partial charge in [-0.25, -0.2) is 4.79 Å². The van der Waals surface area contributed by atoms with Gasteiger partial charge in [-0.1, -0.05) is 68.2 Å². The van der Waals surface area contributed by atoms with Crippen LogP contribution in [0.15, 0.2) is 59.0 Å². The highest BCUT2D eigenvalue weighted by Gasteiger charge is 2.27. The van der Waals surface area contributed by atoms with Crippen molar-refractivity contribution in [1.29, 1.82) is 0 Å². The van der Waals surface area contributed by atoms with E-state index >= 15 is 0 Å². The number of hydrogen-bond donors (Lipinski definition) is 3. The highest BCUT2D eigenvalue weighted by Crippen LogP contribution is 2.22. The van der Waals surface area contributed by atoms with Crippen molar-refractivity contribution >= 4 is 29.4 Å². The molecule has 2 amide bonds. The second-order valence-electron chi connectivity index (χ2n) is 9.35. The molecule has 0 aromatic heterocycles. The summed E-state index contributed by atoms with van der Waals surface area (Å²) in [6.07, 6.45) is 12.3. The number of carbonyl (C=O) groups is 3. The van der Waals surface area contributed by atoms with Crippen LogP contribution in [0.5, 0.6) is 0 Å². The van der Waals surface area contributed by atoms with Gasteiger partial charge in [-0.05, 0) is 56.9 Å². The maximum atomic E-state index is 12.5. The predicted octanol–water partition coefficient (Wildman–Crippen LogP) is 4.03. The number of halogens is 1. The first kappa shape index (κ1) is 32.7. The summed E-state index contributed by atoms with van der Waals surface area (Å²) in [7, 11) is 1.43. The van der Waals surface area contributed by atoms with Gasteiger partial charge in [-0.2, -0.15) is 0 Å². The Morgan fingerprint density at radius 3 is 2.61 bits per heavy atom. The molecule has 0 radical (unpaired) electrons. The van der Waals surface area contributed by atoms with Gasteiger partial charge in [0.15, 0.2) is 5.76 Å². The zero-order valence-electron chi connectivity index (χ0n) is 22.9. The molecule has 0 aromatic carbocycles. The number of carbonyl (C=O) groups excluding carboxylic acids is 3. The van der Waals surface area contributed by atoms with E-state index in [9.17, 15) is 19.5 Å². The van der Waals surface area contributed by atoms with Gasteiger partial charge in [0.25, 0.3) is 5.91 Å². The molecular formula is C29H39ClN2O6. The average Bonchev–Trinajstić information content (AvgIpc) is 2.86. The van der Waals surface area contributed by atoms with Crippen molar-refractivity contribution in [3.05, 3.63) is 59.0 Å². The topological polar surface area (TPSA) is 114 Å². The number of ether oxygens (including phenoxy) is 2. The molecular weight excluding hydrogens is 508 g/mol.